The zero-order valence-corrected chi connectivity index (χ0v) is 13.1. The number of rotatable bonds is 6. The van der Waals surface area contributed by atoms with Crippen molar-refractivity contribution in [1.82, 2.24) is 10.1 Å². The standard InChI is InChI=1S/C13H19BrN2O4/c1-18-9-11-8-12(15-20-11)13(17)16-5-2-10(3-6-16)19-7-4-14/h8,10H,2-7,9H2,1H3. The van der Waals surface area contributed by atoms with Crippen LogP contribution in [0.15, 0.2) is 10.6 Å². The third-order valence-corrected chi connectivity index (χ3v) is 3.55. The maximum atomic E-state index is 12.3. The van der Waals surface area contributed by atoms with Gasteiger partial charge < -0.3 is 18.9 Å². The monoisotopic (exact) mass is 346 g/mol. The van der Waals surface area contributed by atoms with Crippen molar-refractivity contribution < 1.29 is 18.8 Å². The highest BCUT2D eigenvalue weighted by molar-refractivity contribution is 9.09. The Kier molecular flexibility index (Phi) is 6.00. The molecule has 6 nitrogen and oxygen atoms in total. The first-order valence-electron chi connectivity index (χ1n) is 6.66. The number of halogens is 1. The molecule has 1 aromatic rings. The van der Waals surface area contributed by atoms with Crippen molar-refractivity contribution in [2.75, 3.05) is 32.1 Å². The second-order valence-electron chi connectivity index (χ2n) is 4.66. The van der Waals surface area contributed by atoms with Crippen molar-refractivity contribution in [3.05, 3.63) is 17.5 Å². The Balaban J connectivity index is 1.84. The minimum Gasteiger partial charge on any atom is -0.377 e. The molecule has 112 valence electrons. The fourth-order valence-corrected chi connectivity index (χ4v) is 2.41. The molecule has 0 radical (unpaired) electrons. The highest BCUT2D eigenvalue weighted by Crippen LogP contribution is 2.16. The summed E-state index contributed by atoms with van der Waals surface area (Å²) in [7, 11) is 1.57. The molecule has 7 heteroatoms. The maximum absolute atomic E-state index is 12.3. The summed E-state index contributed by atoms with van der Waals surface area (Å²) < 4.78 is 15.6. The predicted octanol–water partition coefficient (Wildman–Crippen LogP) is 1.84. The van der Waals surface area contributed by atoms with E-state index in [9.17, 15) is 4.79 Å². The molecule has 0 atom stereocenters. The van der Waals surface area contributed by atoms with Crippen LogP contribution in [-0.2, 0) is 16.1 Å². The normalized spacial score (nSPS) is 16.6. The van der Waals surface area contributed by atoms with Crippen LogP contribution in [-0.4, -0.2) is 54.2 Å². The minimum atomic E-state index is -0.0879. The number of piperidine rings is 1. The molecule has 1 amide bonds. The van der Waals surface area contributed by atoms with Crippen LogP contribution < -0.4 is 0 Å². The molecule has 0 aliphatic carbocycles. The molecule has 0 bridgehead atoms. The smallest absolute Gasteiger partial charge is 0.276 e. The zero-order valence-electron chi connectivity index (χ0n) is 11.5. The third kappa shape index (κ3) is 4.04. The molecule has 1 aliphatic heterocycles. The van der Waals surface area contributed by atoms with E-state index in [1.165, 1.54) is 0 Å². The van der Waals surface area contributed by atoms with Gasteiger partial charge in [0.25, 0.3) is 5.91 Å². The average Bonchev–Trinajstić information content (AvgIpc) is 2.94. The van der Waals surface area contributed by atoms with Crippen molar-refractivity contribution in [3.63, 3.8) is 0 Å². The number of aromatic nitrogens is 1. The molecule has 0 saturated carbocycles. The summed E-state index contributed by atoms with van der Waals surface area (Å²) in [5, 5.41) is 4.64. The lowest BCUT2D eigenvalue weighted by molar-refractivity contribution is 0.0157. The highest BCUT2D eigenvalue weighted by Gasteiger charge is 2.25. The lowest BCUT2D eigenvalue weighted by Crippen LogP contribution is -2.41. The molecule has 0 N–H and O–H groups in total. The Bertz CT molecular complexity index is 430. The maximum Gasteiger partial charge on any atom is 0.276 e. The van der Waals surface area contributed by atoms with Gasteiger partial charge in [-0.25, -0.2) is 0 Å². The molecule has 2 heterocycles. The first-order valence-corrected chi connectivity index (χ1v) is 7.78. The van der Waals surface area contributed by atoms with Gasteiger partial charge in [-0.1, -0.05) is 21.1 Å². The number of methoxy groups -OCH3 is 1. The molecule has 0 spiro atoms. The summed E-state index contributed by atoms with van der Waals surface area (Å²) in [5.74, 6) is 0.474. The second-order valence-corrected chi connectivity index (χ2v) is 5.46. The molecular formula is C13H19BrN2O4. The van der Waals surface area contributed by atoms with Crippen LogP contribution in [0.4, 0.5) is 0 Å². The van der Waals surface area contributed by atoms with Gasteiger partial charge in [-0.3, -0.25) is 4.79 Å². The van der Waals surface area contributed by atoms with Crippen LogP contribution in [0, 0.1) is 0 Å². The minimum absolute atomic E-state index is 0.0879. The average molecular weight is 347 g/mol. The Hall–Kier alpha value is -0.920. The van der Waals surface area contributed by atoms with Crippen molar-refractivity contribution in [1.29, 1.82) is 0 Å². The van der Waals surface area contributed by atoms with E-state index >= 15 is 0 Å². The Labute approximate surface area is 126 Å². The van der Waals surface area contributed by atoms with Crippen molar-refractivity contribution >= 4 is 21.8 Å². The Morgan fingerprint density at radius 1 is 1.55 bits per heavy atom. The van der Waals surface area contributed by atoms with Crippen LogP contribution in [0.25, 0.3) is 0 Å². The number of carbonyl (C=O) groups excluding carboxylic acids is 1. The number of hydrogen-bond donors (Lipinski definition) is 0. The Morgan fingerprint density at radius 2 is 2.30 bits per heavy atom. The van der Waals surface area contributed by atoms with Crippen molar-refractivity contribution in [2.24, 2.45) is 0 Å². The first-order chi connectivity index (χ1) is 9.74. The van der Waals surface area contributed by atoms with Gasteiger partial charge in [-0.15, -0.1) is 0 Å². The van der Waals surface area contributed by atoms with Crippen LogP contribution in [0.5, 0.6) is 0 Å². The van der Waals surface area contributed by atoms with Crippen LogP contribution in [0.1, 0.15) is 29.1 Å². The lowest BCUT2D eigenvalue weighted by Gasteiger charge is -2.31. The number of ether oxygens (including phenoxy) is 2. The van der Waals surface area contributed by atoms with Gasteiger partial charge in [-0.2, -0.15) is 0 Å². The summed E-state index contributed by atoms with van der Waals surface area (Å²) in [6.07, 6.45) is 1.97. The fraction of sp³-hybridized carbons (Fsp3) is 0.692. The van der Waals surface area contributed by atoms with Gasteiger partial charge in [0.2, 0.25) is 0 Å². The Morgan fingerprint density at radius 3 is 2.95 bits per heavy atom. The summed E-state index contributed by atoms with van der Waals surface area (Å²) in [6, 6.07) is 1.64. The topological polar surface area (TPSA) is 64.8 Å². The van der Waals surface area contributed by atoms with E-state index in [4.69, 9.17) is 14.0 Å². The van der Waals surface area contributed by atoms with E-state index in [0.717, 1.165) is 18.2 Å². The van der Waals surface area contributed by atoms with Gasteiger partial charge in [0.15, 0.2) is 11.5 Å². The molecule has 20 heavy (non-hydrogen) atoms. The number of nitrogens with zero attached hydrogens (tertiary/aromatic N) is 2. The molecule has 1 aliphatic rings. The van der Waals surface area contributed by atoms with Crippen LogP contribution >= 0.6 is 15.9 Å². The quantitative estimate of drug-likeness (QED) is 0.735. The van der Waals surface area contributed by atoms with E-state index in [2.05, 4.69) is 21.1 Å². The largest absolute Gasteiger partial charge is 0.377 e. The van der Waals surface area contributed by atoms with E-state index in [-0.39, 0.29) is 12.0 Å². The van der Waals surface area contributed by atoms with Crippen LogP contribution in [0.2, 0.25) is 0 Å². The SMILES string of the molecule is COCc1cc(C(=O)N2CCC(OCCBr)CC2)no1. The number of amides is 1. The molecule has 2 rings (SSSR count). The van der Waals surface area contributed by atoms with Crippen LogP contribution in [0.3, 0.4) is 0 Å². The van der Waals surface area contributed by atoms with E-state index in [1.54, 1.807) is 18.1 Å². The first kappa shape index (κ1) is 15.5. The third-order valence-electron chi connectivity index (χ3n) is 3.22. The summed E-state index contributed by atoms with van der Waals surface area (Å²) >= 11 is 3.34. The number of likely N-dealkylation sites (tertiary alicyclic amines) is 1. The molecule has 1 fully saturated rings. The van der Waals surface area contributed by atoms with Gasteiger partial charge >= 0.3 is 0 Å². The lowest BCUT2D eigenvalue weighted by atomic mass is 10.1. The van der Waals surface area contributed by atoms with E-state index < -0.39 is 0 Å². The van der Waals surface area contributed by atoms with Gasteiger partial charge in [-0.05, 0) is 12.8 Å². The second kappa shape index (κ2) is 7.75. The van der Waals surface area contributed by atoms with E-state index in [1.807, 2.05) is 0 Å². The summed E-state index contributed by atoms with van der Waals surface area (Å²) in [5.41, 5.74) is 0.344. The zero-order chi connectivity index (χ0) is 14.4. The molecule has 0 unspecified atom stereocenters. The van der Waals surface area contributed by atoms with Crippen molar-refractivity contribution in [2.45, 2.75) is 25.6 Å². The predicted molar refractivity (Wildman–Crippen MR) is 75.9 cm³/mol. The number of alkyl halides is 1. The number of carbonyl (C=O) groups is 1. The van der Waals surface area contributed by atoms with Gasteiger partial charge in [0.05, 0.1) is 12.7 Å². The van der Waals surface area contributed by atoms with Gasteiger partial charge in [0, 0.05) is 31.6 Å². The molecule has 0 aromatic carbocycles. The molecule has 1 aromatic heterocycles. The van der Waals surface area contributed by atoms with Crippen molar-refractivity contribution in [3.8, 4) is 0 Å². The van der Waals surface area contributed by atoms with E-state index in [0.29, 0.717) is 37.8 Å². The highest BCUT2D eigenvalue weighted by atomic mass is 79.9. The van der Waals surface area contributed by atoms with Gasteiger partial charge in [0.1, 0.15) is 6.61 Å². The fourth-order valence-electron chi connectivity index (χ4n) is 2.22. The summed E-state index contributed by atoms with van der Waals surface area (Å²) in [4.78, 5) is 14.0. The molecule has 1 saturated heterocycles. The molecular weight excluding hydrogens is 328 g/mol. The summed E-state index contributed by atoms with van der Waals surface area (Å²) in [6.45, 7) is 2.42. The number of hydrogen-bond acceptors (Lipinski definition) is 5.